The predicted molar refractivity (Wildman–Crippen MR) is 45.4 cm³/mol. The first kappa shape index (κ1) is 10.2. The Morgan fingerprint density at radius 2 is 2.09 bits per heavy atom. The third-order valence-electron chi connectivity index (χ3n) is 1.67. The molecule has 2 atom stereocenters. The standard InChI is InChI=1S/C9H16O2/c1-4-5-7(2)6-8(3)9(10)11/h4-5,7-8H,6H2,1-3H3,(H,10,11)/b5-4-/t7-,8+/m0/s1. The first-order valence-electron chi connectivity index (χ1n) is 3.93. The van der Waals surface area contributed by atoms with Crippen molar-refractivity contribution in [2.75, 3.05) is 0 Å². The Morgan fingerprint density at radius 1 is 1.55 bits per heavy atom. The van der Waals surface area contributed by atoms with Gasteiger partial charge < -0.3 is 5.11 Å². The largest absolute Gasteiger partial charge is 0.481 e. The molecule has 0 aliphatic rings. The van der Waals surface area contributed by atoms with Crippen molar-refractivity contribution in [1.82, 2.24) is 0 Å². The van der Waals surface area contributed by atoms with Gasteiger partial charge in [-0.3, -0.25) is 4.79 Å². The number of carbonyl (C=O) groups is 1. The minimum atomic E-state index is -0.707. The summed E-state index contributed by atoms with van der Waals surface area (Å²) in [7, 11) is 0. The number of rotatable bonds is 4. The Hall–Kier alpha value is -0.790. The van der Waals surface area contributed by atoms with Gasteiger partial charge in [-0.15, -0.1) is 0 Å². The molecule has 2 nitrogen and oxygen atoms in total. The van der Waals surface area contributed by atoms with Crippen molar-refractivity contribution in [3.63, 3.8) is 0 Å². The normalized spacial score (nSPS) is 16.6. The van der Waals surface area contributed by atoms with Crippen molar-refractivity contribution >= 4 is 5.97 Å². The molecule has 0 saturated heterocycles. The number of hydrogen-bond acceptors (Lipinski definition) is 1. The highest BCUT2D eigenvalue weighted by Gasteiger charge is 2.12. The van der Waals surface area contributed by atoms with E-state index < -0.39 is 5.97 Å². The van der Waals surface area contributed by atoms with Crippen LogP contribution >= 0.6 is 0 Å². The molecule has 0 amide bonds. The smallest absolute Gasteiger partial charge is 0.306 e. The second-order valence-corrected chi connectivity index (χ2v) is 2.98. The molecule has 0 aliphatic heterocycles. The summed E-state index contributed by atoms with van der Waals surface area (Å²) in [5, 5.41) is 8.58. The van der Waals surface area contributed by atoms with Crippen LogP contribution < -0.4 is 0 Å². The molecule has 64 valence electrons. The maximum atomic E-state index is 10.4. The molecule has 0 aromatic carbocycles. The van der Waals surface area contributed by atoms with Crippen molar-refractivity contribution in [2.45, 2.75) is 27.2 Å². The molecular weight excluding hydrogens is 140 g/mol. The summed E-state index contributed by atoms with van der Waals surface area (Å²) in [6, 6.07) is 0. The van der Waals surface area contributed by atoms with Gasteiger partial charge in [0.05, 0.1) is 5.92 Å². The molecule has 0 saturated carbocycles. The van der Waals surface area contributed by atoms with E-state index in [1.54, 1.807) is 6.92 Å². The van der Waals surface area contributed by atoms with E-state index >= 15 is 0 Å². The molecule has 11 heavy (non-hydrogen) atoms. The fourth-order valence-electron chi connectivity index (χ4n) is 1.07. The highest BCUT2D eigenvalue weighted by Crippen LogP contribution is 2.12. The molecule has 0 radical (unpaired) electrons. The van der Waals surface area contributed by atoms with Crippen LogP contribution in [-0.4, -0.2) is 11.1 Å². The van der Waals surface area contributed by atoms with Crippen LogP contribution in [0.1, 0.15) is 27.2 Å². The van der Waals surface area contributed by atoms with Crippen LogP contribution in [-0.2, 0) is 4.79 Å². The van der Waals surface area contributed by atoms with Crippen LogP contribution in [0, 0.1) is 11.8 Å². The fourth-order valence-corrected chi connectivity index (χ4v) is 1.07. The monoisotopic (exact) mass is 156 g/mol. The van der Waals surface area contributed by atoms with Gasteiger partial charge in [0, 0.05) is 0 Å². The van der Waals surface area contributed by atoms with E-state index in [1.165, 1.54) is 0 Å². The van der Waals surface area contributed by atoms with Gasteiger partial charge in [0.2, 0.25) is 0 Å². The van der Waals surface area contributed by atoms with Gasteiger partial charge in [-0.25, -0.2) is 0 Å². The highest BCUT2D eigenvalue weighted by atomic mass is 16.4. The summed E-state index contributed by atoms with van der Waals surface area (Å²) in [6.07, 6.45) is 4.71. The van der Waals surface area contributed by atoms with E-state index in [1.807, 2.05) is 26.0 Å². The zero-order valence-electron chi connectivity index (χ0n) is 7.37. The number of allylic oxidation sites excluding steroid dienone is 2. The summed E-state index contributed by atoms with van der Waals surface area (Å²) in [4.78, 5) is 10.4. The fraction of sp³-hybridized carbons (Fsp3) is 0.667. The van der Waals surface area contributed by atoms with E-state index in [9.17, 15) is 4.79 Å². The molecule has 0 rings (SSSR count). The van der Waals surface area contributed by atoms with Crippen molar-refractivity contribution in [3.05, 3.63) is 12.2 Å². The maximum absolute atomic E-state index is 10.4. The molecule has 0 aromatic heterocycles. The van der Waals surface area contributed by atoms with Crippen LogP contribution in [0.2, 0.25) is 0 Å². The van der Waals surface area contributed by atoms with Gasteiger partial charge in [-0.1, -0.05) is 26.0 Å². The molecule has 0 heterocycles. The van der Waals surface area contributed by atoms with Gasteiger partial charge in [0.25, 0.3) is 0 Å². The molecular formula is C9H16O2. The van der Waals surface area contributed by atoms with Crippen molar-refractivity contribution in [3.8, 4) is 0 Å². The first-order chi connectivity index (χ1) is 5.07. The lowest BCUT2D eigenvalue weighted by atomic mass is 9.97. The third kappa shape index (κ3) is 4.59. The molecule has 2 heteroatoms. The molecule has 0 unspecified atom stereocenters. The van der Waals surface area contributed by atoms with E-state index in [4.69, 9.17) is 5.11 Å². The lowest BCUT2D eigenvalue weighted by Crippen LogP contribution is -2.12. The molecule has 0 aromatic rings. The lowest BCUT2D eigenvalue weighted by molar-refractivity contribution is -0.141. The lowest BCUT2D eigenvalue weighted by Gasteiger charge is -2.09. The second kappa shape index (κ2) is 4.94. The molecule has 1 N–H and O–H groups in total. The Balaban J connectivity index is 3.74. The van der Waals surface area contributed by atoms with Crippen LogP contribution in [0.4, 0.5) is 0 Å². The Morgan fingerprint density at radius 3 is 2.45 bits per heavy atom. The number of hydrogen-bond donors (Lipinski definition) is 1. The maximum Gasteiger partial charge on any atom is 0.306 e. The van der Waals surface area contributed by atoms with Gasteiger partial charge in [-0.2, -0.15) is 0 Å². The van der Waals surface area contributed by atoms with Crippen molar-refractivity contribution < 1.29 is 9.90 Å². The highest BCUT2D eigenvalue weighted by molar-refractivity contribution is 5.69. The van der Waals surface area contributed by atoms with Crippen LogP contribution in [0.15, 0.2) is 12.2 Å². The second-order valence-electron chi connectivity index (χ2n) is 2.98. The van der Waals surface area contributed by atoms with Gasteiger partial charge in [-0.05, 0) is 19.3 Å². The minimum Gasteiger partial charge on any atom is -0.481 e. The van der Waals surface area contributed by atoms with Gasteiger partial charge in [0.1, 0.15) is 0 Å². The molecule has 0 spiro atoms. The SMILES string of the molecule is C/C=C\[C@H](C)C[C@@H](C)C(=O)O. The zero-order valence-corrected chi connectivity index (χ0v) is 7.37. The summed E-state index contributed by atoms with van der Waals surface area (Å²) in [5.41, 5.74) is 0. The van der Waals surface area contributed by atoms with E-state index in [-0.39, 0.29) is 5.92 Å². The Kier molecular flexibility index (Phi) is 4.59. The summed E-state index contributed by atoms with van der Waals surface area (Å²) < 4.78 is 0. The molecule has 0 bridgehead atoms. The molecule has 0 fully saturated rings. The third-order valence-corrected chi connectivity index (χ3v) is 1.67. The Bertz CT molecular complexity index is 150. The zero-order chi connectivity index (χ0) is 8.85. The summed E-state index contributed by atoms with van der Waals surface area (Å²) in [6.45, 7) is 5.71. The van der Waals surface area contributed by atoms with Crippen LogP contribution in [0.5, 0.6) is 0 Å². The summed E-state index contributed by atoms with van der Waals surface area (Å²) in [5.74, 6) is -0.575. The van der Waals surface area contributed by atoms with Crippen molar-refractivity contribution in [2.24, 2.45) is 11.8 Å². The van der Waals surface area contributed by atoms with Gasteiger partial charge in [0.15, 0.2) is 0 Å². The average Bonchev–Trinajstić information content (AvgIpc) is 1.87. The first-order valence-corrected chi connectivity index (χ1v) is 3.93. The van der Waals surface area contributed by atoms with E-state index in [2.05, 4.69) is 0 Å². The number of carboxylic acid groups (broad SMARTS) is 1. The van der Waals surface area contributed by atoms with Crippen LogP contribution in [0.25, 0.3) is 0 Å². The Labute approximate surface area is 67.9 Å². The number of aliphatic carboxylic acids is 1. The van der Waals surface area contributed by atoms with E-state index in [0.717, 1.165) is 6.42 Å². The predicted octanol–water partition coefficient (Wildman–Crippen LogP) is 2.31. The van der Waals surface area contributed by atoms with Crippen molar-refractivity contribution in [1.29, 1.82) is 0 Å². The minimum absolute atomic E-state index is 0.235. The quantitative estimate of drug-likeness (QED) is 0.634. The number of carboxylic acids is 1. The topological polar surface area (TPSA) is 37.3 Å². The van der Waals surface area contributed by atoms with E-state index in [0.29, 0.717) is 5.92 Å². The summed E-state index contributed by atoms with van der Waals surface area (Å²) >= 11 is 0. The molecule has 0 aliphatic carbocycles. The average molecular weight is 156 g/mol. The van der Waals surface area contributed by atoms with Crippen LogP contribution in [0.3, 0.4) is 0 Å². The van der Waals surface area contributed by atoms with Gasteiger partial charge >= 0.3 is 5.97 Å².